The average Bonchev–Trinajstić information content (AvgIpc) is 2.37. The fourth-order valence-electron chi connectivity index (χ4n) is 1.41. The van der Waals surface area contributed by atoms with Crippen LogP contribution in [0.15, 0.2) is 24.3 Å². The van der Waals surface area contributed by atoms with E-state index in [1.54, 1.807) is 24.3 Å². The molecule has 0 saturated carbocycles. The summed E-state index contributed by atoms with van der Waals surface area (Å²) in [6.45, 7) is 0. The van der Waals surface area contributed by atoms with Crippen LogP contribution in [0, 0.1) is 0 Å². The molecule has 6 heteroatoms. The summed E-state index contributed by atoms with van der Waals surface area (Å²) in [5, 5.41) is 11.1. The molecule has 0 bridgehead atoms. The number of hydrogen-bond donors (Lipinski definition) is 2. The Balaban J connectivity index is 2.58. The summed E-state index contributed by atoms with van der Waals surface area (Å²) in [4.78, 5) is 33.3. The first kappa shape index (κ1) is 15.2. The Labute approximate surface area is 115 Å². The molecule has 0 saturated heterocycles. The zero-order valence-electron chi connectivity index (χ0n) is 10.2. The Morgan fingerprint density at radius 2 is 1.68 bits per heavy atom. The molecular formula is C13H14ClNO4. The maximum absolute atomic E-state index is 11.6. The van der Waals surface area contributed by atoms with Crippen LogP contribution in [0.25, 0.3) is 0 Å². The van der Waals surface area contributed by atoms with E-state index in [9.17, 15) is 14.4 Å². The van der Waals surface area contributed by atoms with Crippen LogP contribution < -0.4 is 5.32 Å². The lowest BCUT2D eigenvalue weighted by molar-refractivity contribution is -0.137. The highest BCUT2D eigenvalue weighted by molar-refractivity contribution is 6.19. The predicted molar refractivity (Wildman–Crippen MR) is 71.6 cm³/mol. The lowest BCUT2D eigenvalue weighted by atomic mass is 10.1. The number of carbonyl (C=O) groups excluding carboxylic acids is 2. The number of anilines is 1. The van der Waals surface area contributed by atoms with E-state index in [1.807, 2.05) is 0 Å². The number of aliphatic carboxylic acids is 1. The molecular weight excluding hydrogens is 270 g/mol. The first-order valence-corrected chi connectivity index (χ1v) is 6.27. The SMILES string of the molecule is O=C(O)CCC(=O)c1ccc(NC(=O)CCCl)cc1. The molecule has 0 radical (unpaired) electrons. The third kappa shape index (κ3) is 5.52. The predicted octanol–water partition coefficient (Wildman–Crippen LogP) is 2.30. The third-order valence-electron chi connectivity index (χ3n) is 2.38. The van der Waals surface area contributed by atoms with Crippen molar-refractivity contribution in [2.24, 2.45) is 0 Å². The van der Waals surface area contributed by atoms with E-state index >= 15 is 0 Å². The molecule has 0 unspecified atom stereocenters. The van der Waals surface area contributed by atoms with E-state index in [0.29, 0.717) is 11.3 Å². The summed E-state index contributed by atoms with van der Waals surface area (Å²) in [7, 11) is 0. The molecule has 0 aromatic heterocycles. The summed E-state index contributed by atoms with van der Waals surface area (Å²) < 4.78 is 0. The fraction of sp³-hybridized carbons (Fsp3) is 0.308. The molecule has 0 spiro atoms. The first-order chi connectivity index (χ1) is 9.02. The van der Waals surface area contributed by atoms with Crippen molar-refractivity contribution in [3.8, 4) is 0 Å². The number of amides is 1. The number of Topliss-reactive ketones (excluding diaryl/α,β-unsaturated/α-hetero) is 1. The van der Waals surface area contributed by atoms with Gasteiger partial charge in [-0.3, -0.25) is 14.4 Å². The number of alkyl halides is 1. The molecule has 0 aliphatic rings. The summed E-state index contributed by atoms with van der Waals surface area (Å²) >= 11 is 5.44. The second-order valence-corrected chi connectivity index (χ2v) is 4.26. The van der Waals surface area contributed by atoms with Crippen LogP contribution in [0.1, 0.15) is 29.6 Å². The fourth-order valence-corrected chi connectivity index (χ4v) is 1.59. The van der Waals surface area contributed by atoms with Crippen LogP contribution in [0.5, 0.6) is 0 Å². The molecule has 1 amide bonds. The Hall–Kier alpha value is -1.88. The molecule has 2 N–H and O–H groups in total. The van der Waals surface area contributed by atoms with Crippen LogP contribution >= 0.6 is 11.6 Å². The number of rotatable bonds is 7. The topological polar surface area (TPSA) is 83.5 Å². The summed E-state index contributed by atoms with van der Waals surface area (Å²) in [6, 6.07) is 6.31. The van der Waals surface area contributed by atoms with E-state index < -0.39 is 5.97 Å². The van der Waals surface area contributed by atoms with Gasteiger partial charge in [0, 0.05) is 30.0 Å². The summed E-state index contributed by atoms with van der Waals surface area (Å²) in [6.07, 6.45) is 0.00117. The van der Waals surface area contributed by atoms with Crippen molar-refractivity contribution >= 4 is 34.9 Å². The number of ketones is 1. The van der Waals surface area contributed by atoms with Crippen LogP contribution in [-0.2, 0) is 9.59 Å². The molecule has 0 fully saturated rings. The molecule has 0 aliphatic carbocycles. The van der Waals surface area contributed by atoms with Gasteiger partial charge in [-0.1, -0.05) is 0 Å². The zero-order valence-corrected chi connectivity index (χ0v) is 10.9. The van der Waals surface area contributed by atoms with Crippen LogP contribution in [-0.4, -0.2) is 28.6 Å². The van der Waals surface area contributed by atoms with Crippen molar-refractivity contribution < 1.29 is 19.5 Å². The first-order valence-electron chi connectivity index (χ1n) is 5.74. The number of carbonyl (C=O) groups is 3. The summed E-state index contributed by atoms with van der Waals surface area (Å²) in [5.74, 6) is -1.18. The van der Waals surface area contributed by atoms with Gasteiger partial charge < -0.3 is 10.4 Å². The van der Waals surface area contributed by atoms with Crippen molar-refractivity contribution in [1.29, 1.82) is 0 Å². The number of nitrogens with one attached hydrogen (secondary N) is 1. The Morgan fingerprint density at radius 3 is 2.21 bits per heavy atom. The molecule has 19 heavy (non-hydrogen) atoms. The number of halogens is 1. The molecule has 5 nitrogen and oxygen atoms in total. The van der Waals surface area contributed by atoms with Crippen LogP contribution in [0.2, 0.25) is 0 Å². The standard InChI is InChI=1S/C13H14ClNO4/c14-8-7-12(17)15-10-3-1-9(2-4-10)11(16)5-6-13(18)19/h1-4H,5-8H2,(H,15,17)(H,18,19). The quantitative estimate of drug-likeness (QED) is 0.594. The molecule has 0 heterocycles. The molecule has 1 aromatic carbocycles. The molecule has 0 atom stereocenters. The lowest BCUT2D eigenvalue weighted by Crippen LogP contribution is -2.11. The van der Waals surface area contributed by atoms with E-state index in [4.69, 9.17) is 16.7 Å². The van der Waals surface area contributed by atoms with Gasteiger partial charge in [0.1, 0.15) is 0 Å². The number of carboxylic acid groups (broad SMARTS) is 1. The highest BCUT2D eigenvalue weighted by Gasteiger charge is 2.08. The normalized spacial score (nSPS) is 9.95. The highest BCUT2D eigenvalue weighted by atomic mass is 35.5. The van der Waals surface area contributed by atoms with Gasteiger partial charge in [0.2, 0.25) is 5.91 Å². The van der Waals surface area contributed by atoms with Gasteiger partial charge in [-0.15, -0.1) is 11.6 Å². The number of carboxylic acids is 1. The van der Waals surface area contributed by atoms with Crippen LogP contribution in [0.3, 0.4) is 0 Å². The number of hydrogen-bond acceptors (Lipinski definition) is 3. The minimum atomic E-state index is -1.00. The van der Waals surface area contributed by atoms with Gasteiger partial charge in [0.15, 0.2) is 5.78 Å². The van der Waals surface area contributed by atoms with E-state index in [1.165, 1.54) is 0 Å². The van der Waals surface area contributed by atoms with Gasteiger partial charge in [-0.05, 0) is 24.3 Å². The monoisotopic (exact) mass is 283 g/mol. The van der Waals surface area contributed by atoms with Gasteiger partial charge in [0.25, 0.3) is 0 Å². The Morgan fingerprint density at radius 1 is 1.05 bits per heavy atom. The van der Waals surface area contributed by atoms with E-state index in [2.05, 4.69) is 5.32 Å². The minimum Gasteiger partial charge on any atom is -0.481 e. The van der Waals surface area contributed by atoms with Crippen molar-refractivity contribution in [2.45, 2.75) is 19.3 Å². The van der Waals surface area contributed by atoms with Crippen molar-refractivity contribution in [3.05, 3.63) is 29.8 Å². The van der Waals surface area contributed by atoms with Gasteiger partial charge in [0.05, 0.1) is 6.42 Å². The van der Waals surface area contributed by atoms with Gasteiger partial charge >= 0.3 is 5.97 Å². The minimum absolute atomic E-state index is 0.0344. The zero-order chi connectivity index (χ0) is 14.3. The average molecular weight is 284 g/mol. The molecule has 1 aromatic rings. The van der Waals surface area contributed by atoms with Crippen LogP contribution in [0.4, 0.5) is 5.69 Å². The summed E-state index contributed by atoms with van der Waals surface area (Å²) in [5.41, 5.74) is 1.00. The third-order valence-corrected chi connectivity index (χ3v) is 2.57. The van der Waals surface area contributed by atoms with E-state index in [-0.39, 0.29) is 36.8 Å². The number of benzene rings is 1. The molecule has 1 rings (SSSR count). The Kier molecular flexibility index (Phi) is 6.02. The van der Waals surface area contributed by atoms with Crippen molar-refractivity contribution in [1.82, 2.24) is 0 Å². The molecule has 0 aliphatic heterocycles. The van der Waals surface area contributed by atoms with E-state index in [0.717, 1.165) is 0 Å². The largest absolute Gasteiger partial charge is 0.481 e. The van der Waals surface area contributed by atoms with Crippen molar-refractivity contribution in [3.63, 3.8) is 0 Å². The van der Waals surface area contributed by atoms with Crippen molar-refractivity contribution in [2.75, 3.05) is 11.2 Å². The van der Waals surface area contributed by atoms with Gasteiger partial charge in [-0.25, -0.2) is 0 Å². The lowest BCUT2D eigenvalue weighted by Gasteiger charge is -2.05. The second-order valence-electron chi connectivity index (χ2n) is 3.88. The smallest absolute Gasteiger partial charge is 0.303 e. The highest BCUT2D eigenvalue weighted by Crippen LogP contribution is 2.12. The van der Waals surface area contributed by atoms with Gasteiger partial charge in [-0.2, -0.15) is 0 Å². The second kappa shape index (κ2) is 7.53. The maximum atomic E-state index is 11.6. The Bertz CT molecular complexity index is 470. The maximum Gasteiger partial charge on any atom is 0.303 e. The molecule has 102 valence electrons.